The largest absolute Gasteiger partial charge is 0.310 e. The fraction of sp³-hybridized carbons (Fsp3) is 0.441. The van der Waals surface area contributed by atoms with E-state index in [0.717, 1.165) is 0 Å². The van der Waals surface area contributed by atoms with Crippen LogP contribution in [0.5, 0.6) is 0 Å². The van der Waals surface area contributed by atoms with Gasteiger partial charge in [0.1, 0.15) is 0 Å². The molecule has 0 saturated heterocycles. The smallest absolute Gasteiger partial charge is 0.252 e. The second-order valence-corrected chi connectivity index (χ2v) is 49.9. The minimum atomic E-state index is -0.365. The van der Waals surface area contributed by atoms with E-state index in [1.54, 1.807) is 0 Å². The van der Waals surface area contributed by atoms with Gasteiger partial charge in [0.15, 0.2) is 0 Å². The maximum atomic E-state index is 2.85. The van der Waals surface area contributed by atoms with Crippen LogP contribution in [0.3, 0.4) is 0 Å². The number of nitrogens with zero attached hydrogens (tertiary/aromatic N) is 2. The fourth-order valence-corrected chi connectivity index (χ4v) is 18.1. The zero-order chi connectivity index (χ0) is 89.5. The molecule has 2 heterocycles. The van der Waals surface area contributed by atoms with Crippen LogP contribution in [-0.4, -0.2) is 6.71 Å². The summed E-state index contributed by atoms with van der Waals surface area (Å²) in [4.78, 5) is 5.70. The Morgan fingerprint density at radius 1 is 0.165 bits per heavy atom. The van der Waals surface area contributed by atoms with Crippen molar-refractivity contribution in [1.29, 1.82) is 0 Å². The summed E-state index contributed by atoms with van der Waals surface area (Å²) in [6.45, 7) is 93.2. The molecule has 0 aromatic heterocycles. The van der Waals surface area contributed by atoms with Gasteiger partial charge in [0.2, 0.25) is 0 Å². The van der Waals surface area contributed by atoms with Crippen molar-refractivity contribution in [1.82, 2.24) is 0 Å². The Morgan fingerprint density at radius 3 is 0.669 bits per heavy atom. The highest BCUT2D eigenvalue weighted by Gasteiger charge is 2.48. The molecule has 11 aromatic rings. The van der Waals surface area contributed by atoms with Crippen molar-refractivity contribution in [2.75, 3.05) is 9.80 Å². The van der Waals surface area contributed by atoms with Crippen LogP contribution >= 0.6 is 0 Å². The summed E-state index contributed by atoms with van der Waals surface area (Å²) < 4.78 is 0. The molecule has 0 aliphatic carbocycles. The van der Waals surface area contributed by atoms with Crippen LogP contribution in [0.15, 0.2) is 194 Å². The van der Waals surface area contributed by atoms with E-state index in [1.807, 2.05) is 0 Å². The SMILES string of the molecule is CC(C)(C)c1ccc(-c2cc(C(C)(C)C)cc(-c3ccc(C(C)(C)C)cc3C(C)(C)C)c2N2c3cc(-c4cc(C(C)(C)C)cc(C(C)(C)C)c4)ccc3B3c4ccc(-c5cc(C(C)(C)C)cc(C(C)(C)C)c5)cc4N(c4c(-c5ccc(C(C)(C)C)cc5)cc(C(C)(C)C)cc4-c4ccc(C(C)(C)C)cc4C(C)(C)C)c4cc(C(C)(C)C)cc2c43)cc1. The highest BCUT2D eigenvalue weighted by atomic mass is 15.2. The van der Waals surface area contributed by atoms with Gasteiger partial charge in [-0.25, -0.2) is 0 Å². The van der Waals surface area contributed by atoms with Gasteiger partial charge in [-0.15, -0.1) is 0 Å². The Kier molecular flexibility index (Phi) is 22.2. The lowest BCUT2D eigenvalue weighted by atomic mass is 9.33. The zero-order valence-electron chi connectivity index (χ0n) is 82.4. The van der Waals surface area contributed by atoms with E-state index in [0.29, 0.717) is 0 Å². The van der Waals surface area contributed by atoms with Gasteiger partial charge in [0, 0.05) is 45.0 Å². The van der Waals surface area contributed by atoms with Crippen LogP contribution in [0.1, 0.15) is 342 Å². The fourth-order valence-electron chi connectivity index (χ4n) is 18.1. The van der Waals surface area contributed by atoms with Gasteiger partial charge in [-0.2, -0.15) is 0 Å². The molecule has 0 radical (unpaired) electrons. The average Bonchev–Trinajstić information content (AvgIpc) is 0.683. The molecule has 3 heteroatoms. The molecule has 2 nitrogen and oxygen atoms in total. The second kappa shape index (κ2) is 29.9. The van der Waals surface area contributed by atoms with Gasteiger partial charge in [-0.3, -0.25) is 0 Å². The Balaban J connectivity index is 1.33. The third-order valence-corrected chi connectivity index (χ3v) is 26.4. The van der Waals surface area contributed by atoms with Crippen molar-refractivity contribution in [3.63, 3.8) is 0 Å². The van der Waals surface area contributed by atoms with Crippen LogP contribution in [0, 0.1) is 0 Å². The summed E-state index contributed by atoms with van der Waals surface area (Å²) in [5.41, 5.74) is 40.5. The standard InChI is InChI=1S/C118H149BN2/c1-106(2,3)78-46-40-72(41-47-78)91-64-86(114(25,26)27)66-93(89-52-50-80(108(7,8)9)68-95(89)117(34,35)36)104(91)120-99-60-74(76-56-82(110(13,14)15)62-83(57-76)111(16,17)18)44-54-97(99)119-98-55-45-75(77-58-84(112(19,20)21)63-85(59-77)113(22,23)24)61-100(98)121(102-71-88(116(31,32)33)70-101(120)103(102)119)105-92(73-42-48-79(49-43-73)107(4,5)6)65-87(115(28,29)30)67-94(105)90-53-51-81(109(10,11)12)69-96(90)118(37,38)39/h40-71H,1-39H3. The van der Waals surface area contributed by atoms with Crippen LogP contribution in [0.25, 0.3) is 66.8 Å². The van der Waals surface area contributed by atoms with Crippen LogP contribution in [0.4, 0.5) is 34.1 Å². The molecule has 0 amide bonds. The summed E-state index contributed by atoms with van der Waals surface area (Å²) in [6.07, 6.45) is 0. The lowest BCUT2D eigenvalue weighted by Gasteiger charge is -2.47. The Labute approximate surface area is 735 Å². The first-order valence-electron chi connectivity index (χ1n) is 45.5. The Hall–Kier alpha value is -8.92. The van der Waals surface area contributed by atoms with Crippen molar-refractivity contribution < 1.29 is 0 Å². The average molecular weight is 1610 g/mol. The van der Waals surface area contributed by atoms with Crippen molar-refractivity contribution in [3.8, 4) is 66.8 Å². The molecule has 0 unspecified atom stereocenters. The third-order valence-electron chi connectivity index (χ3n) is 26.4. The van der Waals surface area contributed by atoms with Gasteiger partial charge >= 0.3 is 0 Å². The third kappa shape index (κ3) is 17.7. The summed E-state index contributed by atoms with van der Waals surface area (Å²) in [6, 6.07) is 80.9. The highest BCUT2D eigenvalue weighted by molar-refractivity contribution is 7.00. The summed E-state index contributed by atoms with van der Waals surface area (Å²) in [7, 11) is 0. The zero-order valence-corrected chi connectivity index (χ0v) is 82.4. The van der Waals surface area contributed by atoms with E-state index < -0.39 is 0 Å². The predicted molar refractivity (Wildman–Crippen MR) is 536 cm³/mol. The Morgan fingerprint density at radius 2 is 0.405 bits per heavy atom. The van der Waals surface area contributed by atoms with Gasteiger partial charge in [0.25, 0.3) is 6.71 Å². The number of hydrogen-bond acceptors (Lipinski definition) is 2. The summed E-state index contributed by atoms with van der Waals surface area (Å²) in [5.74, 6) is 0. The first kappa shape index (κ1) is 89.8. The Bertz CT molecular complexity index is 5410. The topological polar surface area (TPSA) is 6.48 Å². The number of rotatable bonds is 8. The van der Waals surface area contributed by atoms with E-state index >= 15 is 0 Å². The van der Waals surface area contributed by atoms with E-state index in [2.05, 4.69) is 474 Å². The molecule has 2 aliphatic heterocycles. The second-order valence-electron chi connectivity index (χ2n) is 49.9. The van der Waals surface area contributed by atoms with E-state index in [-0.39, 0.29) is 77.1 Å². The van der Waals surface area contributed by atoms with E-state index in [4.69, 9.17) is 0 Å². The van der Waals surface area contributed by atoms with Crippen molar-refractivity contribution >= 4 is 57.2 Å². The van der Waals surface area contributed by atoms with Crippen LogP contribution < -0.4 is 26.2 Å². The van der Waals surface area contributed by atoms with Crippen LogP contribution in [-0.2, 0) is 70.4 Å². The van der Waals surface area contributed by atoms with Gasteiger partial charge in [-0.1, -0.05) is 416 Å². The quantitative estimate of drug-likeness (QED) is 0.140. The number of anilines is 6. The first-order chi connectivity index (χ1) is 55.2. The highest BCUT2D eigenvalue weighted by Crippen LogP contribution is 2.58. The van der Waals surface area contributed by atoms with Gasteiger partial charge in [0.05, 0.1) is 11.4 Å². The van der Waals surface area contributed by atoms with Gasteiger partial charge in [-0.05, 0) is 252 Å². The molecular weight excluding hydrogens is 1460 g/mol. The maximum absolute atomic E-state index is 2.85. The molecule has 0 spiro atoms. The van der Waals surface area contributed by atoms with Crippen molar-refractivity contribution in [2.45, 2.75) is 340 Å². The molecule has 13 rings (SSSR count). The molecule has 0 bridgehead atoms. The summed E-state index contributed by atoms with van der Waals surface area (Å²) >= 11 is 0. The monoisotopic (exact) mass is 1610 g/mol. The van der Waals surface area contributed by atoms with Gasteiger partial charge < -0.3 is 9.80 Å². The van der Waals surface area contributed by atoms with E-state index in [1.165, 1.54) is 190 Å². The lowest BCUT2D eigenvalue weighted by molar-refractivity contribution is 0.568. The normalized spacial score (nSPS) is 14.2. The van der Waals surface area contributed by atoms with E-state index in [9.17, 15) is 0 Å². The first-order valence-corrected chi connectivity index (χ1v) is 45.5. The van der Waals surface area contributed by atoms with Crippen molar-refractivity contribution in [2.24, 2.45) is 0 Å². The number of benzene rings is 11. The predicted octanol–water partition coefficient (Wildman–Crippen LogP) is 32.6. The molecule has 2 aliphatic rings. The summed E-state index contributed by atoms with van der Waals surface area (Å²) in [5, 5.41) is 0. The number of fused-ring (bicyclic) bond motifs is 4. The molecular formula is C118H149BN2. The maximum Gasteiger partial charge on any atom is 0.252 e. The molecule has 0 saturated carbocycles. The molecule has 121 heavy (non-hydrogen) atoms. The molecule has 0 atom stereocenters. The van der Waals surface area contributed by atoms with Crippen molar-refractivity contribution in [3.05, 3.63) is 266 Å². The minimum Gasteiger partial charge on any atom is -0.310 e. The molecule has 11 aromatic carbocycles. The number of hydrogen-bond donors (Lipinski definition) is 0. The molecule has 0 N–H and O–H groups in total. The molecule has 0 fully saturated rings. The molecule has 634 valence electrons. The van der Waals surface area contributed by atoms with Crippen LogP contribution in [0.2, 0.25) is 0 Å². The lowest BCUT2D eigenvalue weighted by Crippen LogP contribution is -2.61. The minimum absolute atomic E-state index is 0.0708.